The normalized spacial score (nSPS) is 17.0. The molecule has 0 fully saturated rings. The summed E-state index contributed by atoms with van der Waals surface area (Å²) in [7, 11) is -4.84. The standard InChI is InChI=1S/C21H26F3O7P.C18H23O8P/c1-11(8-16(13(3)25)32(5,28)31-10-21(22,23)24)6-7-14-18(26)17-15(9-30-20(17)27)12(2)19(14)29-4;1-9(7-13(17(20)21)27(4,23)24)5-6-11-15(19)14-12(8-26-18(14)22)10(2)16(11)25-3/h6,16,26H,7-10H2,1-5H3;5,13,19H,6-8H2,1-4H3,(H,20,21)(H,23,24)/b11-6+;9-5+. The van der Waals surface area contributed by atoms with Crippen LogP contribution in [0.1, 0.15) is 87.7 Å². The van der Waals surface area contributed by atoms with Crippen LogP contribution in [0.4, 0.5) is 13.2 Å². The Kier molecular flexibility index (Phi) is 15.8. The number of aromatic hydroxyl groups is 2. The molecule has 0 aliphatic carbocycles. The molecule has 0 radical (unpaired) electrons. The fraction of sp³-hybridized carbons (Fsp3) is 0.487. The molecule has 0 aromatic heterocycles. The number of carboxylic acid groups (broad SMARTS) is 1. The van der Waals surface area contributed by atoms with Crippen molar-refractivity contribution in [3.63, 3.8) is 0 Å². The molecule has 2 aromatic rings. The van der Waals surface area contributed by atoms with Crippen molar-refractivity contribution in [3.8, 4) is 23.0 Å². The average Bonchev–Trinajstić information content (AvgIpc) is 3.72. The topological polar surface area (TPSA) is 229 Å². The van der Waals surface area contributed by atoms with Gasteiger partial charge in [0.15, 0.2) is 0 Å². The zero-order chi connectivity index (χ0) is 44.9. The molecule has 0 spiro atoms. The Morgan fingerprint density at radius 2 is 1.19 bits per heavy atom. The van der Waals surface area contributed by atoms with Crippen LogP contribution in [0.5, 0.6) is 23.0 Å². The van der Waals surface area contributed by atoms with Crippen LogP contribution < -0.4 is 9.47 Å². The van der Waals surface area contributed by atoms with Crippen molar-refractivity contribution in [2.45, 2.75) is 91.0 Å². The lowest BCUT2D eigenvalue weighted by atomic mass is 9.94. The van der Waals surface area contributed by atoms with Gasteiger partial charge in [0.05, 0.1) is 19.9 Å². The molecule has 0 amide bonds. The van der Waals surface area contributed by atoms with E-state index in [9.17, 15) is 56.6 Å². The highest BCUT2D eigenvalue weighted by Gasteiger charge is 2.39. The van der Waals surface area contributed by atoms with E-state index in [1.807, 2.05) is 0 Å². The van der Waals surface area contributed by atoms with Crippen molar-refractivity contribution in [1.29, 1.82) is 0 Å². The van der Waals surface area contributed by atoms with Gasteiger partial charge in [0, 0.05) is 35.6 Å². The van der Waals surface area contributed by atoms with Gasteiger partial charge in [-0.2, -0.15) is 13.2 Å². The van der Waals surface area contributed by atoms with Gasteiger partial charge in [0.2, 0.25) is 14.7 Å². The molecule has 59 heavy (non-hydrogen) atoms. The summed E-state index contributed by atoms with van der Waals surface area (Å²) in [4.78, 5) is 56.8. The molecule has 4 unspecified atom stereocenters. The monoisotopic (exact) mass is 876 g/mol. The first-order valence-corrected chi connectivity index (χ1v) is 22.3. The predicted molar refractivity (Wildman–Crippen MR) is 208 cm³/mol. The maximum atomic E-state index is 12.7. The molecule has 4 N–H and O–H groups in total. The summed E-state index contributed by atoms with van der Waals surface area (Å²) in [5.74, 6) is -2.84. The van der Waals surface area contributed by atoms with Crippen LogP contribution in [0.2, 0.25) is 0 Å². The van der Waals surface area contributed by atoms with Crippen LogP contribution in [0, 0.1) is 13.8 Å². The van der Waals surface area contributed by atoms with Gasteiger partial charge in [0.25, 0.3) is 0 Å². The number of phenols is 2. The number of Topliss-reactive ketones (excluding diaryl/α,β-unsaturated/α-hetero) is 1. The highest BCUT2D eigenvalue weighted by molar-refractivity contribution is 7.60. The fourth-order valence-corrected chi connectivity index (χ4v) is 9.68. The third-order valence-electron chi connectivity index (χ3n) is 10.0. The van der Waals surface area contributed by atoms with Crippen molar-refractivity contribution in [3.05, 3.63) is 67.8 Å². The number of halogens is 3. The first kappa shape index (κ1) is 48.7. The van der Waals surface area contributed by atoms with Gasteiger partial charge in [-0.25, -0.2) is 9.59 Å². The number of methoxy groups -OCH3 is 2. The summed E-state index contributed by atoms with van der Waals surface area (Å²) in [6, 6.07) is 0. The summed E-state index contributed by atoms with van der Waals surface area (Å²) in [5.41, 5.74) is 1.82. The third-order valence-corrected chi connectivity index (χ3v) is 13.9. The fourth-order valence-electron chi connectivity index (χ4n) is 6.78. The number of hydrogen-bond acceptors (Lipinski definition) is 13. The zero-order valence-corrected chi connectivity index (χ0v) is 35.9. The largest absolute Gasteiger partial charge is 0.507 e. The Bertz CT molecular complexity index is 2170. The van der Waals surface area contributed by atoms with Crippen LogP contribution in [-0.2, 0) is 58.8 Å². The molecule has 326 valence electrons. The number of ketones is 1. The van der Waals surface area contributed by atoms with E-state index in [1.54, 1.807) is 39.8 Å². The van der Waals surface area contributed by atoms with Crippen LogP contribution >= 0.6 is 14.7 Å². The highest BCUT2D eigenvalue weighted by atomic mass is 31.2. The SMILES string of the molecule is COc1c(C)c2c(c(O)c1C/C=C(\C)CC(C(=O)O)P(C)(=O)O)C(=O)OC2.COc1c(C)c2c(c(O)c1C/C=C(\C)CC(C(C)=O)P(C)(=O)OCC(F)(F)F)C(=O)OC2. The van der Waals surface area contributed by atoms with Gasteiger partial charge in [-0.3, -0.25) is 18.7 Å². The number of ether oxygens (including phenoxy) is 4. The number of alkyl halides is 3. The Morgan fingerprint density at radius 1 is 0.797 bits per heavy atom. The maximum Gasteiger partial charge on any atom is 0.412 e. The number of rotatable bonds is 16. The van der Waals surface area contributed by atoms with Crippen LogP contribution in [-0.4, -0.2) is 95.6 Å². The number of hydrogen-bond donors (Lipinski definition) is 4. The molecule has 15 nitrogen and oxygen atoms in total. The molecule has 4 rings (SSSR count). The van der Waals surface area contributed by atoms with Gasteiger partial charge in [-0.15, -0.1) is 0 Å². The second-order valence-corrected chi connectivity index (χ2v) is 19.7. The molecule has 0 saturated carbocycles. The number of cyclic esters (lactones) is 2. The molecular formula is C39H49F3O15P2. The summed E-state index contributed by atoms with van der Waals surface area (Å²) in [5, 5.41) is 30.3. The summed E-state index contributed by atoms with van der Waals surface area (Å²) >= 11 is 0. The minimum Gasteiger partial charge on any atom is -0.507 e. The molecule has 4 atom stereocenters. The number of phenolic OH excluding ortho intramolecular Hbond substituents is 2. The van der Waals surface area contributed by atoms with E-state index in [0.29, 0.717) is 56.0 Å². The quantitative estimate of drug-likeness (QED) is 0.0736. The molecule has 2 aliphatic heterocycles. The van der Waals surface area contributed by atoms with Crippen molar-refractivity contribution in [2.75, 3.05) is 34.2 Å². The molecule has 0 saturated heterocycles. The molecule has 0 bridgehead atoms. The van der Waals surface area contributed by atoms with E-state index < -0.39 is 62.5 Å². The lowest BCUT2D eigenvalue weighted by molar-refractivity contribution is -0.153. The lowest BCUT2D eigenvalue weighted by Crippen LogP contribution is -2.23. The number of carbonyl (C=O) groups is 4. The molecule has 2 aliphatic rings. The average molecular weight is 877 g/mol. The van der Waals surface area contributed by atoms with Crippen LogP contribution in [0.3, 0.4) is 0 Å². The molecule has 2 heterocycles. The first-order valence-electron chi connectivity index (χ1n) is 18.0. The lowest BCUT2D eigenvalue weighted by Gasteiger charge is -2.23. The Morgan fingerprint density at radius 3 is 1.51 bits per heavy atom. The van der Waals surface area contributed by atoms with Gasteiger partial charge < -0.3 is 43.7 Å². The Hall–Kier alpha value is -4.63. The second-order valence-electron chi connectivity index (χ2n) is 14.5. The third kappa shape index (κ3) is 11.6. The van der Waals surface area contributed by atoms with Gasteiger partial charge >= 0.3 is 24.1 Å². The Balaban J connectivity index is 0.000000320. The molecule has 20 heteroatoms. The van der Waals surface area contributed by atoms with E-state index in [2.05, 4.69) is 4.52 Å². The number of allylic oxidation sites excluding steroid dienone is 4. The minimum absolute atomic E-state index is 0.0308. The predicted octanol–water partition coefficient (Wildman–Crippen LogP) is 7.31. The van der Waals surface area contributed by atoms with Crippen LogP contribution in [0.15, 0.2) is 23.3 Å². The van der Waals surface area contributed by atoms with E-state index in [4.69, 9.17) is 24.1 Å². The maximum absolute atomic E-state index is 12.7. The summed E-state index contributed by atoms with van der Waals surface area (Å²) < 4.78 is 87.2. The Labute approximate surface area is 339 Å². The second kappa shape index (κ2) is 19.2. The van der Waals surface area contributed by atoms with Crippen molar-refractivity contribution in [2.24, 2.45) is 0 Å². The number of fused-ring (bicyclic) bond motifs is 2. The number of carbonyl (C=O) groups excluding carboxylic acids is 3. The van der Waals surface area contributed by atoms with Gasteiger partial charge in [-0.05, 0) is 71.4 Å². The molecule has 2 aromatic carbocycles. The minimum atomic E-state index is -4.67. The first-order chi connectivity index (χ1) is 27.2. The van der Waals surface area contributed by atoms with E-state index in [0.717, 1.165) is 20.3 Å². The van der Waals surface area contributed by atoms with Crippen molar-refractivity contribution >= 4 is 38.4 Å². The summed E-state index contributed by atoms with van der Waals surface area (Å²) in [6.45, 7) is 8.34. The smallest absolute Gasteiger partial charge is 0.412 e. The zero-order valence-electron chi connectivity index (χ0n) is 34.1. The van der Waals surface area contributed by atoms with E-state index in [-0.39, 0.29) is 61.5 Å². The highest BCUT2D eigenvalue weighted by Crippen LogP contribution is 2.52. The number of benzene rings is 2. The van der Waals surface area contributed by atoms with E-state index >= 15 is 0 Å². The summed E-state index contributed by atoms with van der Waals surface area (Å²) in [6.07, 6.45) is -1.32. The number of aliphatic carboxylic acids is 1. The molecular weight excluding hydrogens is 827 g/mol. The van der Waals surface area contributed by atoms with Crippen molar-refractivity contribution in [1.82, 2.24) is 0 Å². The van der Waals surface area contributed by atoms with Gasteiger partial charge in [0.1, 0.15) is 65.4 Å². The van der Waals surface area contributed by atoms with E-state index in [1.165, 1.54) is 14.2 Å². The van der Waals surface area contributed by atoms with Crippen LogP contribution in [0.25, 0.3) is 0 Å². The number of esters is 2. The number of carboxylic acids is 1. The van der Waals surface area contributed by atoms with Crippen molar-refractivity contribution < 1.29 is 85.2 Å². The van der Waals surface area contributed by atoms with Gasteiger partial charge in [-0.1, -0.05) is 23.3 Å².